The summed E-state index contributed by atoms with van der Waals surface area (Å²) in [5.41, 5.74) is 12.3. The summed E-state index contributed by atoms with van der Waals surface area (Å²) in [6.45, 7) is 4.65. The van der Waals surface area contributed by atoms with Gasteiger partial charge in [-0.3, -0.25) is 0 Å². The molecule has 1 heterocycles. The summed E-state index contributed by atoms with van der Waals surface area (Å²) in [5.74, 6) is 1.98. The zero-order valence-electron chi connectivity index (χ0n) is 27.4. The summed E-state index contributed by atoms with van der Waals surface area (Å²) >= 11 is 0. The molecule has 49 heavy (non-hydrogen) atoms. The summed E-state index contributed by atoms with van der Waals surface area (Å²) in [6.07, 6.45) is 0. The lowest BCUT2D eigenvalue weighted by Crippen LogP contribution is -2.17. The van der Waals surface area contributed by atoms with Crippen molar-refractivity contribution in [2.75, 3.05) is 0 Å². The van der Waals surface area contributed by atoms with Gasteiger partial charge < -0.3 is 0 Å². The molecule has 0 atom stereocenters. The first-order valence-corrected chi connectivity index (χ1v) is 16.8. The Bertz CT molecular complexity index is 2410. The van der Waals surface area contributed by atoms with Crippen molar-refractivity contribution in [3.8, 4) is 67.5 Å². The van der Waals surface area contributed by atoms with Crippen molar-refractivity contribution in [1.29, 1.82) is 0 Å². The van der Waals surface area contributed by atoms with Crippen LogP contribution in [0.15, 0.2) is 164 Å². The third-order valence-corrected chi connectivity index (χ3v) is 9.87. The fourth-order valence-corrected chi connectivity index (χ4v) is 7.44. The van der Waals surface area contributed by atoms with E-state index in [-0.39, 0.29) is 5.41 Å². The number of hydrogen-bond acceptors (Lipinski definition) is 3. The number of benzene rings is 7. The van der Waals surface area contributed by atoms with Gasteiger partial charge in [0.05, 0.1) is 0 Å². The first-order valence-electron chi connectivity index (χ1n) is 16.8. The van der Waals surface area contributed by atoms with Gasteiger partial charge in [-0.05, 0) is 79.5 Å². The molecule has 0 bridgehead atoms. The molecule has 0 N–H and O–H groups in total. The first kappa shape index (κ1) is 29.0. The number of nitrogens with zero attached hydrogens (tertiary/aromatic N) is 3. The monoisotopic (exact) mass is 627 g/mol. The van der Waals surface area contributed by atoms with Crippen molar-refractivity contribution < 1.29 is 0 Å². The normalized spacial score (nSPS) is 12.9. The van der Waals surface area contributed by atoms with Gasteiger partial charge in [-0.25, -0.2) is 15.0 Å². The van der Waals surface area contributed by atoms with E-state index in [4.69, 9.17) is 15.0 Å². The third-order valence-electron chi connectivity index (χ3n) is 9.87. The standard InChI is InChI=1S/C46H33N3/c1-46(2)41-29-35-19-10-9-18-34(35)28-40(41)38-24-13-25-39(42(38)46)45-48-43(36-22-11-20-32(26-36)30-14-5-3-6-15-30)47-44(49-45)37-23-12-21-33(27-37)31-16-7-4-8-17-31/h3-29H,1-2H3. The van der Waals surface area contributed by atoms with E-state index in [0.29, 0.717) is 17.5 Å². The van der Waals surface area contributed by atoms with E-state index in [1.165, 1.54) is 33.0 Å². The van der Waals surface area contributed by atoms with E-state index >= 15 is 0 Å². The second kappa shape index (κ2) is 11.5. The summed E-state index contributed by atoms with van der Waals surface area (Å²) < 4.78 is 0. The number of fused-ring (bicyclic) bond motifs is 4. The highest BCUT2D eigenvalue weighted by molar-refractivity contribution is 5.95. The zero-order chi connectivity index (χ0) is 33.0. The van der Waals surface area contributed by atoms with Gasteiger partial charge in [0.2, 0.25) is 0 Å². The van der Waals surface area contributed by atoms with Gasteiger partial charge >= 0.3 is 0 Å². The van der Waals surface area contributed by atoms with Gasteiger partial charge in [0, 0.05) is 22.1 Å². The summed E-state index contributed by atoms with van der Waals surface area (Å²) in [4.78, 5) is 15.7. The zero-order valence-corrected chi connectivity index (χ0v) is 27.4. The molecule has 9 rings (SSSR count). The molecule has 0 aliphatic heterocycles. The van der Waals surface area contributed by atoms with E-state index in [9.17, 15) is 0 Å². The van der Waals surface area contributed by atoms with Crippen molar-refractivity contribution in [2.45, 2.75) is 19.3 Å². The average molecular weight is 628 g/mol. The summed E-state index contributed by atoms with van der Waals surface area (Å²) in [5, 5.41) is 2.50. The van der Waals surface area contributed by atoms with Crippen LogP contribution in [0.2, 0.25) is 0 Å². The Kier molecular flexibility index (Phi) is 6.80. The maximum atomic E-state index is 5.25. The molecular weight excluding hydrogens is 595 g/mol. The first-order chi connectivity index (χ1) is 24.0. The largest absolute Gasteiger partial charge is 0.208 e. The molecule has 3 heteroatoms. The van der Waals surface area contributed by atoms with Gasteiger partial charge in [0.25, 0.3) is 0 Å². The molecule has 0 fully saturated rings. The maximum absolute atomic E-state index is 5.25. The Morgan fingerprint density at radius 2 is 0.796 bits per heavy atom. The van der Waals surface area contributed by atoms with Gasteiger partial charge in [-0.1, -0.05) is 153 Å². The second-order valence-electron chi connectivity index (χ2n) is 13.3. The molecule has 0 spiro atoms. The lowest BCUT2D eigenvalue weighted by Gasteiger charge is -2.24. The van der Waals surface area contributed by atoms with Gasteiger partial charge in [-0.2, -0.15) is 0 Å². The van der Waals surface area contributed by atoms with Crippen LogP contribution in [0.1, 0.15) is 25.0 Å². The summed E-state index contributed by atoms with van der Waals surface area (Å²) in [7, 11) is 0. The lowest BCUT2D eigenvalue weighted by atomic mass is 9.79. The quantitative estimate of drug-likeness (QED) is 0.191. The van der Waals surface area contributed by atoms with Crippen molar-refractivity contribution in [1.82, 2.24) is 15.0 Å². The molecule has 0 unspecified atom stereocenters. The average Bonchev–Trinajstić information content (AvgIpc) is 3.39. The fraction of sp³-hybridized carbons (Fsp3) is 0.0652. The third kappa shape index (κ3) is 5.03. The van der Waals surface area contributed by atoms with E-state index in [1.54, 1.807) is 0 Å². The topological polar surface area (TPSA) is 38.7 Å². The minimum Gasteiger partial charge on any atom is -0.208 e. The molecule has 0 saturated heterocycles. The Morgan fingerprint density at radius 3 is 1.39 bits per heavy atom. The Balaban J connectivity index is 1.26. The highest BCUT2D eigenvalue weighted by atomic mass is 15.0. The molecule has 1 aliphatic rings. The van der Waals surface area contributed by atoms with Gasteiger partial charge in [0.1, 0.15) is 0 Å². The van der Waals surface area contributed by atoms with Crippen LogP contribution in [0.3, 0.4) is 0 Å². The minimum atomic E-state index is -0.251. The minimum absolute atomic E-state index is 0.251. The van der Waals surface area contributed by atoms with Crippen molar-refractivity contribution in [2.24, 2.45) is 0 Å². The van der Waals surface area contributed by atoms with Gasteiger partial charge in [0.15, 0.2) is 17.5 Å². The van der Waals surface area contributed by atoms with Crippen molar-refractivity contribution in [3.05, 3.63) is 175 Å². The molecule has 232 valence electrons. The predicted molar refractivity (Wildman–Crippen MR) is 202 cm³/mol. The fourth-order valence-electron chi connectivity index (χ4n) is 7.44. The van der Waals surface area contributed by atoms with Crippen molar-refractivity contribution in [3.63, 3.8) is 0 Å². The molecule has 8 aromatic rings. The SMILES string of the molecule is CC1(C)c2cc3ccccc3cc2-c2cccc(-c3nc(-c4cccc(-c5ccccc5)c4)nc(-c4cccc(-c5ccccc5)c4)n3)c21. The lowest BCUT2D eigenvalue weighted by molar-refractivity contribution is 0.662. The molecule has 3 nitrogen and oxygen atoms in total. The van der Waals surface area contributed by atoms with Crippen LogP contribution in [0.5, 0.6) is 0 Å². The van der Waals surface area contributed by atoms with Crippen LogP contribution in [0.25, 0.3) is 78.3 Å². The van der Waals surface area contributed by atoms with Crippen LogP contribution >= 0.6 is 0 Å². The smallest absolute Gasteiger partial charge is 0.164 e. The Hall–Kier alpha value is -6.19. The van der Waals surface area contributed by atoms with Crippen LogP contribution in [0.4, 0.5) is 0 Å². The van der Waals surface area contributed by atoms with E-state index < -0.39 is 0 Å². The molecule has 0 amide bonds. The molecule has 0 saturated carbocycles. The van der Waals surface area contributed by atoms with Crippen LogP contribution in [-0.4, -0.2) is 15.0 Å². The van der Waals surface area contributed by atoms with E-state index in [2.05, 4.69) is 166 Å². The van der Waals surface area contributed by atoms with Crippen LogP contribution < -0.4 is 0 Å². The number of aromatic nitrogens is 3. The predicted octanol–water partition coefficient (Wildman–Crippen LogP) is 11.7. The second-order valence-corrected chi connectivity index (χ2v) is 13.3. The number of hydrogen-bond donors (Lipinski definition) is 0. The molecule has 1 aliphatic carbocycles. The highest BCUT2D eigenvalue weighted by Gasteiger charge is 2.38. The van der Waals surface area contributed by atoms with Crippen LogP contribution in [-0.2, 0) is 5.41 Å². The molecule has 7 aromatic carbocycles. The highest BCUT2D eigenvalue weighted by Crippen LogP contribution is 2.52. The molecule has 1 aromatic heterocycles. The molecular formula is C46H33N3. The molecule has 0 radical (unpaired) electrons. The summed E-state index contributed by atoms with van der Waals surface area (Å²) in [6, 6.07) is 57.8. The van der Waals surface area contributed by atoms with Crippen molar-refractivity contribution >= 4 is 10.8 Å². The van der Waals surface area contributed by atoms with Crippen LogP contribution in [0, 0.1) is 0 Å². The maximum Gasteiger partial charge on any atom is 0.164 e. The van der Waals surface area contributed by atoms with E-state index in [1.807, 2.05) is 12.1 Å². The Labute approximate surface area is 286 Å². The van der Waals surface area contributed by atoms with E-state index in [0.717, 1.165) is 38.9 Å². The Morgan fingerprint density at radius 1 is 0.347 bits per heavy atom. The van der Waals surface area contributed by atoms with Gasteiger partial charge in [-0.15, -0.1) is 0 Å². The number of rotatable bonds is 5.